The number of nitrogens with one attached hydrogen (secondary N) is 1. The van der Waals surface area contributed by atoms with E-state index < -0.39 is 0 Å². The molecule has 2 aromatic rings. The van der Waals surface area contributed by atoms with Gasteiger partial charge >= 0.3 is 0 Å². The van der Waals surface area contributed by atoms with Crippen molar-refractivity contribution in [3.8, 4) is 0 Å². The smallest absolute Gasteiger partial charge is 0.270 e. The normalized spacial score (nSPS) is 11.0. The first kappa shape index (κ1) is 20.9. The Morgan fingerprint density at radius 2 is 2.00 bits per heavy atom. The first-order valence-electron chi connectivity index (χ1n) is 6.65. The topological polar surface area (TPSA) is 68.0 Å². The third kappa shape index (κ3) is 6.32. The van der Waals surface area contributed by atoms with Crippen LogP contribution >= 0.6 is 36.2 Å². The lowest BCUT2D eigenvalue weighted by Crippen LogP contribution is -2.31. The summed E-state index contributed by atoms with van der Waals surface area (Å²) in [5.74, 6) is 0.155. The molecule has 7 heteroatoms. The highest BCUT2D eigenvalue weighted by Gasteiger charge is 2.11. The van der Waals surface area contributed by atoms with Gasteiger partial charge in [-0.3, -0.25) is 4.79 Å². The minimum atomic E-state index is -0.124. The van der Waals surface area contributed by atoms with E-state index >= 15 is 0 Å². The Morgan fingerprint density at radius 3 is 2.64 bits per heavy atom. The van der Waals surface area contributed by atoms with Crippen LogP contribution in [0.1, 0.15) is 28.0 Å². The lowest BCUT2D eigenvalue weighted by Gasteiger charge is -2.08. The van der Waals surface area contributed by atoms with Gasteiger partial charge in [0.1, 0.15) is 5.69 Å². The Balaban J connectivity index is 0.00000220. The standard InChI is InChI=1S/C15H19N3OS.2ClH/c1-11(8-16)9-17-15(19)13-10-20-14(18-13)7-12-5-3-2-4-6-12;;/h2-6,10-11H,7-9,16H2,1H3,(H,17,19);2*1H. The summed E-state index contributed by atoms with van der Waals surface area (Å²) >= 11 is 1.52. The van der Waals surface area contributed by atoms with Crippen molar-refractivity contribution in [2.75, 3.05) is 13.1 Å². The van der Waals surface area contributed by atoms with Crippen molar-refractivity contribution in [2.45, 2.75) is 13.3 Å². The van der Waals surface area contributed by atoms with E-state index in [0.29, 0.717) is 18.8 Å². The van der Waals surface area contributed by atoms with Crippen molar-refractivity contribution in [2.24, 2.45) is 11.7 Å². The second kappa shape index (κ2) is 10.6. The molecule has 0 saturated heterocycles. The van der Waals surface area contributed by atoms with E-state index in [2.05, 4.69) is 22.4 Å². The number of carbonyl (C=O) groups excluding carboxylic acids is 1. The quantitative estimate of drug-likeness (QED) is 0.830. The Hall–Kier alpha value is -1.14. The van der Waals surface area contributed by atoms with E-state index in [1.165, 1.54) is 16.9 Å². The molecule has 1 amide bonds. The fourth-order valence-electron chi connectivity index (χ4n) is 1.71. The summed E-state index contributed by atoms with van der Waals surface area (Å²) in [6, 6.07) is 10.1. The van der Waals surface area contributed by atoms with Gasteiger partial charge in [0, 0.05) is 18.3 Å². The van der Waals surface area contributed by atoms with Crippen LogP contribution in [-0.4, -0.2) is 24.0 Å². The lowest BCUT2D eigenvalue weighted by molar-refractivity contribution is 0.0944. The molecule has 2 rings (SSSR count). The maximum atomic E-state index is 11.9. The monoisotopic (exact) mass is 361 g/mol. The number of hydrogen-bond donors (Lipinski definition) is 2. The maximum absolute atomic E-state index is 11.9. The zero-order valence-electron chi connectivity index (χ0n) is 12.3. The van der Waals surface area contributed by atoms with Crippen molar-refractivity contribution in [1.29, 1.82) is 0 Å². The van der Waals surface area contributed by atoms with Gasteiger partial charge in [0.2, 0.25) is 0 Å². The number of amides is 1. The molecule has 1 atom stereocenters. The first-order valence-corrected chi connectivity index (χ1v) is 7.53. The molecule has 1 aromatic heterocycles. The SMILES string of the molecule is CC(CN)CNC(=O)c1csc(Cc2ccccc2)n1.Cl.Cl. The summed E-state index contributed by atoms with van der Waals surface area (Å²) < 4.78 is 0. The number of hydrogen-bond acceptors (Lipinski definition) is 4. The van der Waals surface area contributed by atoms with E-state index in [-0.39, 0.29) is 36.6 Å². The van der Waals surface area contributed by atoms with Crippen LogP contribution in [0.3, 0.4) is 0 Å². The zero-order chi connectivity index (χ0) is 14.4. The minimum Gasteiger partial charge on any atom is -0.350 e. The van der Waals surface area contributed by atoms with E-state index in [9.17, 15) is 4.79 Å². The number of rotatable bonds is 6. The highest BCUT2D eigenvalue weighted by molar-refractivity contribution is 7.09. The van der Waals surface area contributed by atoms with Crippen LogP contribution in [0, 0.1) is 5.92 Å². The molecule has 1 heterocycles. The van der Waals surface area contributed by atoms with Crippen LogP contribution in [0.4, 0.5) is 0 Å². The van der Waals surface area contributed by atoms with E-state index in [0.717, 1.165) is 11.4 Å². The van der Waals surface area contributed by atoms with Crippen LogP contribution in [0.2, 0.25) is 0 Å². The average molecular weight is 362 g/mol. The zero-order valence-corrected chi connectivity index (χ0v) is 14.8. The third-order valence-corrected chi connectivity index (χ3v) is 3.84. The minimum absolute atomic E-state index is 0. The summed E-state index contributed by atoms with van der Waals surface area (Å²) in [7, 11) is 0. The van der Waals surface area contributed by atoms with Crippen molar-refractivity contribution in [1.82, 2.24) is 10.3 Å². The predicted octanol–water partition coefficient (Wildman–Crippen LogP) is 2.90. The average Bonchev–Trinajstić information content (AvgIpc) is 2.94. The van der Waals surface area contributed by atoms with Gasteiger partial charge in [0.25, 0.3) is 5.91 Å². The molecule has 122 valence electrons. The molecule has 1 aromatic carbocycles. The second-order valence-electron chi connectivity index (χ2n) is 4.84. The van der Waals surface area contributed by atoms with Gasteiger partial charge in [-0.2, -0.15) is 0 Å². The third-order valence-electron chi connectivity index (χ3n) is 3.00. The van der Waals surface area contributed by atoms with Crippen LogP contribution < -0.4 is 11.1 Å². The van der Waals surface area contributed by atoms with Crippen molar-refractivity contribution in [3.05, 3.63) is 52.0 Å². The van der Waals surface area contributed by atoms with E-state index in [1.807, 2.05) is 25.1 Å². The molecule has 1 unspecified atom stereocenters. The lowest BCUT2D eigenvalue weighted by atomic mass is 10.2. The van der Waals surface area contributed by atoms with Gasteiger partial charge < -0.3 is 11.1 Å². The van der Waals surface area contributed by atoms with Crippen LogP contribution in [0.5, 0.6) is 0 Å². The first-order chi connectivity index (χ1) is 9.69. The van der Waals surface area contributed by atoms with Crippen LogP contribution in [0.15, 0.2) is 35.7 Å². The number of benzene rings is 1. The molecular weight excluding hydrogens is 341 g/mol. The number of aromatic nitrogens is 1. The molecule has 22 heavy (non-hydrogen) atoms. The predicted molar refractivity (Wildman–Crippen MR) is 96.4 cm³/mol. The second-order valence-corrected chi connectivity index (χ2v) is 5.78. The molecule has 0 aliphatic carbocycles. The van der Waals surface area contributed by atoms with E-state index in [1.54, 1.807) is 5.38 Å². The van der Waals surface area contributed by atoms with Gasteiger partial charge in [-0.25, -0.2) is 4.98 Å². The van der Waals surface area contributed by atoms with Crippen LogP contribution in [0.25, 0.3) is 0 Å². The molecule has 0 spiro atoms. The summed E-state index contributed by atoms with van der Waals surface area (Å²) in [6.45, 7) is 3.15. The molecule has 4 nitrogen and oxygen atoms in total. The summed E-state index contributed by atoms with van der Waals surface area (Å²) in [4.78, 5) is 16.3. The molecule has 0 bridgehead atoms. The summed E-state index contributed by atoms with van der Waals surface area (Å²) in [5, 5.41) is 5.61. The number of nitrogens with two attached hydrogens (primary N) is 1. The summed E-state index contributed by atoms with van der Waals surface area (Å²) in [6.07, 6.45) is 0.762. The van der Waals surface area contributed by atoms with E-state index in [4.69, 9.17) is 5.73 Å². The molecular formula is C15H21Cl2N3OS. The van der Waals surface area contributed by atoms with Gasteiger partial charge in [-0.05, 0) is 18.0 Å². The molecule has 0 saturated carbocycles. The van der Waals surface area contributed by atoms with Gasteiger partial charge in [0.15, 0.2) is 0 Å². The van der Waals surface area contributed by atoms with Gasteiger partial charge in [-0.1, -0.05) is 37.3 Å². The molecule has 0 aliphatic rings. The van der Waals surface area contributed by atoms with Crippen LogP contribution in [-0.2, 0) is 6.42 Å². The Labute approximate surface area is 147 Å². The molecule has 0 radical (unpaired) electrons. The molecule has 0 aliphatic heterocycles. The largest absolute Gasteiger partial charge is 0.350 e. The molecule has 0 fully saturated rings. The fraction of sp³-hybridized carbons (Fsp3) is 0.333. The van der Waals surface area contributed by atoms with Gasteiger partial charge in [0.05, 0.1) is 5.01 Å². The Bertz CT molecular complexity index is 563. The molecule has 3 N–H and O–H groups in total. The highest BCUT2D eigenvalue weighted by Crippen LogP contribution is 2.14. The van der Waals surface area contributed by atoms with Crippen molar-refractivity contribution < 1.29 is 4.79 Å². The van der Waals surface area contributed by atoms with Gasteiger partial charge in [-0.15, -0.1) is 36.2 Å². The Kier molecular flexibility index (Phi) is 10.0. The number of nitrogens with zero attached hydrogens (tertiary/aromatic N) is 1. The maximum Gasteiger partial charge on any atom is 0.270 e. The number of halogens is 2. The number of carbonyl (C=O) groups is 1. The highest BCUT2D eigenvalue weighted by atomic mass is 35.5. The summed E-state index contributed by atoms with van der Waals surface area (Å²) in [5.41, 5.74) is 7.21. The number of thiazole rings is 1. The van der Waals surface area contributed by atoms with Crippen molar-refractivity contribution >= 4 is 42.1 Å². The fourth-order valence-corrected chi connectivity index (χ4v) is 2.52. The Morgan fingerprint density at radius 1 is 1.32 bits per heavy atom. The van der Waals surface area contributed by atoms with Crippen molar-refractivity contribution in [3.63, 3.8) is 0 Å².